The van der Waals surface area contributed by atoms with Crippen LogP contribution < -0.4 is 0 Å². The number of hydrogen-bond donors (Lipinski definition) is 0. The number of nitrogens with zero attached hydrogens (tertiary/aromatic N) is 1. The molecule has 138 valence electrons. The lowest BCUT2D eigenvalue weighted by atomic mass is 10.1. The third kappa shape index (κ3) is 7.93. The number of carbonyl (C=O) groups is 1. The number of rotatable bonds is 14. The van der Waals surface area contributed by atoms with Crippen molar-refractivity contribution in [3.8, 4) is 0 Å². The molecule has 0 fully saturated rings. The molecule has 0 rings (SSSR count). The Morgan fingerprint density at radius 3 is 1.91 bits per heavy atom. The molecular formula is C17H37NO4P+. The second kappa shape index (κ2) is 12.2. The normalized spacial score (nSPS) is 12.6. The highest BCUT2D eigenvalue weighted by Crippen LogP contribution is 2.48. The second-order valence-corrected chi connectivity index (χ2v) is 8.06. The van der Waals surface area contributed by atoms with Gasteiger partial charge in [-0.15, -0.1) is 0 Å². The fourth-order valence-electron chi connectivity index (χ4n) is 2.89. The van der Waals surface area contributed by atoms with E-state index in [2.05, 4.69) is 20.8 Å². The summed E-state index contributed by atoms with van der Waals surface area (Å²) in [6, 6.07) is 0. The maximum atomic E-state index is 12.8. The van der Waals surface area contributed by atoms with Crippen molar-refractivity contribution in [2.45, 2.75) is 66.7 Å². The third-order valence-electron chi connectivity index (χ3n) is 4.43. The highest BCUT2D eigenvalue weighted by molar-refractivity contribution is 7.53. The molecule has 0 aliphatic rings. The summed E-state index contributed by atoms with van der Waals surface area (Å²) in [4.78, 5) is 12.8. The standard InChI is InChI=1S/C17H37NO4P/c1-6-11-12-13-15-18(7-2,8-3)17(19)14-16-23(20,21-9-4)22-10-5/h6-16H2,1-5H3/q+1. The van der Waals surface area contributed by atoms with E-state index in [9.17, 15) is 9.36 Å². The van der Waals surface area contributed by atoms with E-state index >= 15 is 0 Å². The first kappa shape index (κ1) is 22.8. The van der Waals surface area contributed by atoms with E-state index < -0.39 is 7.60 Å². The molecule has 0 aliphatic heterocycles. The van der Waals surface area contributed by atoms with Gasteiger partial charge in [-0.25, -0.2) is 4.79 Å². The number of amides is 1. The van der Waals surface area contributed by atoms with Gasteiger partial charge in [0.1, 0.15) is 0 Å². The molecule has 0 radical (unpaired) electrons. The van der Waals surface area contributed by atoms with Gasteiger partial charge in [-0.2, -0.15) is 0 Å². The summed E-state index contributed by atoms with van der Waals surface area (Å²) in [5.74, 6) is 0.158. The van der Waals surface area contributed by atoms with Crippen molar-refractivity contribution in [1.82, 2.24) is 0 Å². The summed E-state index contributed by atoms with van der Waals surface area (Å²) in [6.45, 7) is 13.0. The molecule has 0 N–H and O–H groups in total. The SMILES string of the molecule is CCCCCC[N+](CC)(CC)C(=O)CCP(=O)(OCC)OCC. The Balaban J connectivity index is 4.73. The van der Waals surface area contributed by atoms with Crippen LogP contribution in [0.1, 0.15) is 66.7 Å². The summed E-state index contributed by atoms with van der Waals surface area (Å²) in [5.41, 5.74) is 0. The van der Waals surface area contributed by atoms with Crippen LogP contribution in [-0.2, 0) is 18.4 Å². The minimum absolute atomic E-state index is 0.158. The van der Waals surface area contributed by atoms with Crippen molar-refractivity contribution < 1.29 is 22.9 Å². The predicted molar refractivity (Wildman–Crippen MR) is 95.7 cm³/mol. The fourth-order valence-corrected chi connectivity index (χ4v) is 4.47. The lowest BCUT2D eigenvalue weighted by molar-refractivity contribution is -0.851. The Morgan fingerprint density at radius 2 is 1.48 bits per heavy atom. The minimum atomic E-state index is -3.13. The number of hydrogen-bond acceptors (Lipinski definition) is 4. The van der Waals surface area contributed by atoms with Gasteiger partial charge >= 0.3 is 13.5 Å². The molecule has 0 bridgehead atoms. The summed E-state index contributed by atoms with van der Waals surface area (Å²) >= 11 is 0. The van der Waals surface area contributed by atoms with Crippen LogP contribution in [0.15, 0.2) is 0 Å². The van der Waals surface area contributed by atoms with E-state index in [0.29, 0.717) is 17.7 Å². The molecule has 5 nitrogen and oxygen atoms in total. The molecule has 0 aromatic rings. The zero-order valence-electron chi connectivity index (χ0n) is 15.8. The van der Waals surface area contributed by atoms with Gasteiger partial charge in [-0.05, 0) is 40.5 Å². The van der Waals surface area contributed by atoms with Crippen molar-refractivity contribution in [2.24, 2.45) is 0 Å². The molecule has 0 aromatic carbocycles. The number of quaternary nitrogens is 1. The Morgan fingerprint density at radius 1 is 0.913 bits per heavy atom. The van der Waals surface area contributed by atoms with Gasteiger partial charge in [-0.1, -0.05) is 19.8 Å². The molecule has 0 spiro atoms. The average Bonchev–Trinajstić information content (AvgIpc) is 2.54. The van der Waals surface area contributed by atoms with Crippen LogP contribution in [0.5, 0.6) is 0 Å². The van der Waals surface area contributed by atoms with E-state index in [1.54, 1.807) is 13.8 Å². The number of carbonyl (C=O) groups excluding carboxylic acids is 1. The van der Waals surface area contributed by atoms with Crippen LogP contribution in [0.4, 0.5) is 0 Å². The molecule has 0 saturated carbocycles. The highest BCUT2D eigenvalue weighted by atomic mass is 31.2. The molecular weight excluding hydrogens is 313 g/mol. The van der Waals surface area contributed by atoms with Gasteiger partial charge in [0.05, 0.1) is 45.4 Å². The first-order valence-corrected chi connectivity index (χ1v) is 10.9. The molecule has 0 aliphatic carbocycles. The predicted octanol–water partition coefficient (Wildman–Crippen LogP) is 4.61. The van der Waals surface area contributed by atoms with E-state index in [1.807, 2.05) is 0 Å². The van der Waals surface area contributed by atoms with E-state index in [-0.39, 0.29) is 18.5 Å². The maximum Gasteiger partial charge on any atom is 0.331 e. The van der Waals surface area contributed by atoms with Crippen molar-refractivity contribution >= 4 is 13.5 Å². The topological polar surface area (TPSA) is 52.6 Å². The van der Waals surface area contributed by atoms with Gasteiger partial charge in [0, 0.05) is 0 Å². The van der Waals surface area contributed by atoms with Crippen molar-refractivity contribution in [2.75, 3.05) is 39.0 Å². The average molecular weight is 350 g/mol. The molecule has 0 heterocycles. The summed E-state index contributed by atoms with van der Waals surface area (Å²) in [6.07, 6.45) is 5.08. The van der Waals surface area contributed by atoms with Crippen LogP contribution in [0.3, 0.4) is 0 Å². The van der Waals surface area contributed by atoms with E-state index in [1.165, 1.54) is 19.3 Å². The van der Waals surface area contributed by atoms with Crippen LogP contribution in [0, 0.1) is 0 Å². The summed E-state index contributed by atoms with van der Waals surface area (Å²) in [5, 5.41) is 0. The van der Waals surface area contributed by atoms with Gasteiger partial charge in [0.2, 0.25) is 0 Å². The van der Waals surface area contributed by atoms with Crippen molar-refractivity contribution in [3.63, 3.8) is 0 Å². The summed E-state index contributed by atoms with van der Waals surface area (Å²) < 4.78 is 23.6. The molecule has 0 saturated heterocycles. The van der Waals surface area contributed by atoms with Crippen molar-refractivity contribution in [3.05, 3.63) is 0 Å². The van der Waals surface area contributed by atoms with Crippen LogP contribution >= 0.6 is 7.60 Å². The van der Waals surface area contributed by atoms with Crippen LogP contribution in [0.25, 0.3) is 0 Å². The van der Waals surface area contributed by atoms with Gasteiger partial charge in [0.25, 0.3) is 0 Å². The summed E-state index contributed by atoms with van der Waals surface area (Å²) in [7, 11) is -3.13. The quantitative estimate of drug-likeness (QED) is 0.261. The molecule has 0 aromatic heterocycles. The molecule has 23 heavy (non-hydrogen) atoms. The zero-order valence-corrected chi connectivity index (χ0v) is 16.7. The van der Waals surface area contributed by atoms with E-state index in [0.717, 1.165) is 26.1 Å². The number of unbranched alkanes of at least 4 members (excludes halogenated alkanes) is 3. The van der Waals surface area contributed by atoms with Gasteiger partial charge < -0.3 is 9.05 Å². The Bertz CT molecular complexity index is 360. The molecule has 1 amide bonds. The second-order valence-electron chi connectivity index (χ2n) is 5.88. The highest BCUT2D eigenvalue weighted by Gasteiger charge is 2.35. The first-order chi connectivity index (χ1) is 10.9. The lowest BCUT2D eigenvalue weighted by Gasteiger charge is -2.34. The Labute approximate surface area is 142 Å². The zero-order chi connectivity index (χ0) is 17.8. The molecule has 0 unspecified atom stereocenters. The first-order valence-electron chi connectivity index (χ1n) is 9.21. The lowest BCUT2D eigenvalue weighted by Crippen LogP contribution is -2.53. The third-order valence-corrected chi connectivity index (χ3v) is 6.51. The molecule has 0 atom stereocenters. The minimum Gasteiger partial charge on any atom is -0.309 e. The van der Waals surface area contributed by atoms with Crippen LogP contribution in [-0.4, -0.2) is 49.4 Å². The van der Waals surface area contributed by atoms with Crippen LogP contribution in [0.2, 0.25) is 0 Å². The maximum absolute atomic E-state index is 12.8. The molecule has 6 heteroatoms. The largest absolute Gasteiger partial charge is 0.331 e. The van der Waals surface area contributed by atoms with Gasteiger partial charge in [0.15, 0.2) is 0 Å². The fraction of sp³-hybridized carbons (Fsp3) is 0.941. The smallest absolute Gasteiger partial charge is 0.309 e. The Hall–Kier alpha value is -0.220. The Kier molecular flexibility index (Phi) is 12.1. The van der Waals surface area contributed by atoms with Crippen molar-refractivity contribution in [1.29, 1.82) is 0 Å². The van der Waals surface area contributed by atoms with Gasteiger partial charge in [-0.3, -0.25) is 9.05 Å². The monoisotopic (exact) mass is 350 g/mol. The van der Waals surface area contributed by atoms with E-state index in [4.69, 9.17) is 9.05 Å².